The summed E-state index contributed by atoms with van der Waals surface area (Å²) in [6, 6.07) is 24.1. The van der Waals surface area contributed by atoms with E-state index in [-0.39, 0.29) is 5.91 Å². The van der Waals surface area contributed by atoms with E-state index >= 15 is 0 Å². The highest BCUT2D eigenvalue weighted by Crippen LogP contribution is 2.15. The van der Waals surface area contributed by atoms with Crippen LogP contribution in [0.25, 0.3) is 0 Å². The molecule has 0 radical (unpaired) electrons. The van der Waals surface area contributed by atoms with Crippen LogP contribution in [0.1, 0.15) is 32.6 Å². The molecule has 0 saturated heterocycles. The SMILES string of the molecule is Cc1ccccc1C(=O)N/N=C/c1cccc(OCc2ccc(C#N)cc2)c1. The summed E-state index contributed by atoms with van der Waals surface area (Å²) in [6.45, 7) is 2.28. The Morgan fingerprint density at radius 1 is 1.11 bits per heavy atom. The summed E-state index contributed by atoms with van der Waals surface area (Å²) in [5.41, 5.74) is 6.44. The summed E-state index contributed by atoms with van der Waals surface area (Å²) in [6.07, 6.45) is 1.57. The van der Waals surface area contributed by atoms with Crippen molar-refractivity contribution in [2.75, 3.05) is 0 Å². The molecule has 0 aliphatic heterocycles. The molecule has 5 nitrogen and oxygen atoms in total. The van der Waals surface area contributed by atoms with Gasteiger partial charge in [0.2, 0.25) is 0 Å². The molecule has 3 aromatic rings. The zero-order chi connectivity index (χ0) is 19.8. The number of carbonyl (C=O) groups excluding carboxylic acids is 1. The van der Waals surface area contributed by atoms with E-state index in [9.17, 15) is 4.79 Å². The third kappa shape index (κ3) is 5.05. The van der Waals surface area contributed by atoms with Crippen molar-refractivity contribution in [3.8, 4) is 11.8 Å². The van der Waals surface area contributed by atoms with Gasteiger partial charge < -0.3 is 4.74 Å². The third-order valence-electron chi connectivity index (χ3n) is 4.12. The molecule has 3 aromatic carbocycles. The van der Waals surface area contributed by atoms with Crippen molar-refractivity contribution in [1.29, 1.82) is 5.26 Å². The van der Waals surface area contributed by atoms with Crippen LogP contribution in [-0.2, 0) is 6.61 Å². The predicted molar refractivity (Wildman–Crippen MR) is 108 cm³/mol. The Kier molecular flexibility index (Phi) is 6.17. The number of nitrogens with one attached hydrogen (secondary N) is 1. The second-order valence-electron chi connectivity index (χ2n) is 6.18. The highest BCUT2D eigenvalue weighted by Gasteiger charge is 2.06. The van der Waals surface area contributed by atoms with Gasteiger partial charge in [0.25, 0.3) is 5.91 Å². The Morgan fingerprint density at radius 3 is 2.64 bits per heavy atom. The molecular formula is C23H19N3O2. The summed E-state index contributed by atoms with van der Waals surface area (Å²) in [5.74, 6) is 0.445. The molecule has 0 unspecified atom stereocenters. The maximum atomic E-state index is 12.2. The molecule has 0 heterocycles. The number of ether oxygens (including phenoxy) is 1. The molecule has 5 heteroatoms. The first kappa shape index (κ1) is 18.9. The predicted octanol–water partition coefficient (Wildman–Crippen LogP) is 4.21. The maximum absolute atomic E-state index is 12.2. The van der Waals surface area contributed by atoms with Gasteiger partial charge in [0, 0.05) is 5.56 Å². The van der Waals surface area contributed by atoms with E-state index < -0.39 is 0 Å². The van der Waals surface area contributed by atoms with Gasteiger partial charge in [-0.1, -0.05) is 42.5 Å². The molecule has 0 fully saturated rings. The number of aryl methyl sites for hydroxylation is 1. The van der Waals surface area contributed by atoms with Gasteiger partial charge in [0.1, 0.15) is 12.4 Å². The summed E-state index contributed by atoms with van der Waals surface area (Å²) >= 11 is 0. The molecule has 1 amide bonds. The molecule has 0 saturated carbocycles. The molecule has 28 heavy (non-hydrogen) atoms. The van der Waals surface area contributed by atoms with Crippen LogP contribution < -0.4 is 10.2 Å². The Balaban J connectivity index is 1.58. The van der Waals surface area contributed by atoms with Gasteiger partial charge in [0.05, 0.1) is 17.8 Å². The van der Waals surface area contributed by atoms with Gasteiger partial charge in [-0.15, -0.1) is 0 Å². The van der Waals surface area contributed by atoms with Gasteiger partial charge in [-0.2, -0.15) is 10.4 Å². The molecule has 0 atom stereocenters. The van der Waals surface area contributed by atoms with E-state index in [2.05, 4.69) is 16.6 Å². The second kappa shape index (κ2) is 9.15. The van der Waals surface area contributed by atoms with Gasteiger partial charge in [-0.05, 0) is 53.9 Å². The first-order valence-electron chi connectivity index (χ1n) is 8.76. The first-order chi connectivity index (χ1) is 13.7. The van der Waals surface area contributed by atoms with Crippen molar-refractivity contribution in [3.63, 3.8) is 0 Å². The van der Waals surface area contributed by atoms with Crippen molar-refractivity contribution in [2.45, 2.75) is 13.5 Å². The van der Waals surface area contributed by atoms with Crippen molar-refractivity contribution in [3.05, 3.63) is 101 Å². The summed E-state index contributed by atoms with van der Waals surface area (Å²) in [5, 5.41) is 12.9. The fourth-order valence-corrected chi connectivity index (χ4v) is 2.58. The smallest absolute Gasteiger partial charge is 0.271 e. The van der Waals surface area contributed by atoms with E-state index in [1.54, 1.807) is 24.4 Å². The van der Waals surface area contributed by atoms with E-state index in [4.69, 9.17) is 10.00 Å². The normalized spacial score (nSPS) is 10.4. The van der Waals surface area contributed by atoms with E-state index in [0.717, 1.165) is 16.7 Å². The number of hydrazone groups is 1. The zero-order valence-electron chi connectivity index (χ0n) is 15.4. The Morgan fingerprint density at radius 2 is 1.89 bits per heavy atom. The molecule has 0 bridgehead atoms. The van der Waals surface area contributed by atoms with Gasteiger partial charge >= 0.3 is 0 Å². The van der Waals surface area contributed by atoms with E-state index in [0.29, 0.717) is 23.5 Å². The minimum absolute atomic E-state index is 0.248. The summed E-state index contributed by atoms with van der Waals surface area (Å²) in [7, 11) is 0. The molecule has 0 aliphatic rings. The average Bonchev–Trinajstić information content (AvgIpc) is 2.73. The van der Waals surface area contributed by atoms with E-state index in [1.807, 2.05) is 61.5 Å². The minimum atomic E-state index is -0.248. The lowest BCUT2D eigenvalue weighted by Crippen LogP contribution is -2.18. The van der Waals surface area contributed by atoms with Crippen LogP contribution in [0.4, 0.5) is 0 Å². The third-order valence-corrected chi connectivity index (χ3v) is 4.12. The molecular weight excluding hydrogens is 350 g/mol. The van der Waals surface area contributed by atoms with Crippen LogP contribution >= 0.6 is 0 Å². The highest BCUT2D eigenvalue weighted by atomic mass is 16.5. The van der Waals surface area contributed by atoms with Crippen LogP contribution in [0, 0.1) is 18.3 Å². The summed E-state index contributed by atoms with van der Waals surface area (Å²) < 4.78 is 5.79. The lowest BCUT2D eigenvalue weighted by atomic mass is 10.1. The molecule has 1 N–H and O–H groups in total. The van der Waals surface area contributed by atoms with E-state index in [1.165, 1.54) is 0 Å². The summed E-state index contributed by atoms with van der Waals surface area (Å²) in [4.78, 5) is 12.2. The second-order valence-corrected chi connectivity index (χ2v) is 6.18. The fraction of sp³-hybridized carbons (Fsp3) is 0.0870. The number of hydrogen-bond acceptors (Lipinski definition) is 4. The quantitative estimate of drug-likeness (QED) is 0.522. The monoisotopic (exact) mass is 369 g/mol. The zero-order valence-corrected chi connectivity index (χ0v) is 15.4. The molecule has 0 aliphatic carbocycles. The topological polar surface area (TPSA) is 74.5 Å². The largest absolute Gasteiger partial charge is 0.489 e. The van der Waals surface area contributed by atoms with Crippen LogP contribution in [-0.4, -0.2) is 12.1 Å². The molecule has 0 spiro atoms. The van der Waals surface area contributed by atoms with Crippen molar-refractivity contribution in [1.82, 2.24) is 5.43 Å². The highest BCUT2D eigenvalue weighted by molar-refractivity contribution is 5.96. The van der Waals surface area contributed by atoms with Crippen molar-refractivity contribution >= 4 is 12.1 Å². The van der Waals surface area contributed by atoms with Crippen LogP contribution in [0.2, 0.25) is 0 Å². The number of carbonyl (C=O) groups is 1. The van der Waals surface area contributed by atoms with Crippen LogP contribution in [0.15, 0.2) is 77.9 Å². The van der Waals surface area contributed by atoms with Crippen LogP contribution in [0.3, 0.4) is 0 Å². The standard InChI is InChI=1S/C23H19N3O2/c1-17-5-2-3-8-22(17)23(27)26-25-15-20-6-4-7-21(13-20)28-16-19-11-9-18(14-24)10-12-19/h2-13,15H,16H2,1H3,(H,26,27)/b25-15+. The van der Waals surface area contributed by atoms with Gasteiger partial charge in [0.15, 0.2) is 0 Å². The Hall–Kier alpha value is -3.91. The lowest BCUT2D eigenvalue weighted by Gasteiger charge is -2.07. The van der Waals surface area contributed by atoms with Gasteiger partial charge in [-0.3, -0.25) is 4.79 Å². The number of rotatable bonds is 6. The number of nitriles is 1. The number of nitrogens with zero attached hydrogens (tertiary/aromatic N) is 2. The van der Waals surface area contributed by atoms with Crippen molar-refractivity contribution in [2.24, 2.45) is 5.10 Å². The first-order valence-corrected chi connectivity index (χ1v) is 8.76. The molecule has 3 rings (SSSR count). The maximum Gasteiger partial charge on any atom is 0.271 e. The lowest BCUT2D eigenvalue weighted by molar-refractivity contribution is 0.0954. The fourth-order valence-electron chi connectivity index (χ4n) is 2.58. The average molecular weight is 369 g/mol. The minimum Gasteiger partial charge on any atom is -0.489 e. The Bertz CT molecular complexity index is 1030. The van der Waals surface area contributed by atoms with Crippen LogP contribution in [0.5, 0.6) is 5.75 Å². The van der Waals surface area contributed by atoms with Gasteiger partial charge in [-0.25, -0.2) is 5.43 Å². The van der Waals surface area contributed by atoms with Crippen molar-refractivity contribution < 1.29 is 9.53 Å². The number of amides is 1. The molecule has 138 valence electrons. The number of hydrogen-bond donors (Lipinski definition) is 1. The number of benzene rings is 3. The Labute approximate surface area is 163 Å². The molecule has 0 aromatic heterocycles.